The number of carbonyl (C=O) groups is 4. The molecule has 6 atom stereocenters. The summed E-state index contributed by atoms with van der Waals surface area (Å²) in [5.74, 6) is -1.39. The number of phosphoric ester groups is 2. The van der Waals surface area contributed by atoms with Crippen LogP contribution in [0.3, 0.4) is 0 Å². The van der Waals surface area contributed by atoms with Gasteiger partial charge in [-0.25, -0.2) is 9.13 Å². The molecule has 0 radical (unpaired) electrons. The fraction of sp³-hybridized carbons (Fsp3) is 0.881. The van der Waals surface area contributed by atoms with Crippen molar-refractivity contribution in [3.63, 3.8) is 0 Å². The highest BCUT2D eigenvalue weighted by Gasteiger charge is 2.30. The third-order valence-electron chi connectivity index (χ3n) is 15.3. The highest BCUT2D eigenvalue weighted by Crippen LogP contribution is 2.45. The van der Waals surface area contributed by atoms with Gasteiger partial charge in [0.1, 0.15) is 19.3 Å². The van der Waals surface area contributed by atoms with E-state index in [1.54, 1.807) is 0 Å². The number of aliphatic hydroxyl groups excluding tert-OH is 1. The Balaban J connectivity index is 5.28. The average molecular weight is 1270 g/mol. The van der Waals surface area contributed by atoms with Crippen LogP contribution in [-0.4, -0.2) is 96.7 Å². The number of phosphoric acid groups is 2. The van der Waals surface area contributed by atoms with E-state index in [1.165, 1.54) is 128 Å². The highest BCUT2D eigenvalue weighted by molar-refractivity contribution is 7.47. The maximum atomic E-state index is 13.0. The molecular weight excluding hydrogens is 1140 g/mol. The minimum absolute atomic E-state index is 0.0846. The van der Waals surface area contributed by atoms with Gasteiger partial charge in [0.25, 0.3) is 0 Å². The monoisotopic (exact) mass is 1260 g/mol. The lowest BCUT2D eigenvalue weighted by molar-refractivity contribution is -0.161. The Morgan fingerprint density at radius 2 is 0.651 bits per heavy atom. The predicted octanol–water partition coefficient (Wildman–Crippen LogP) is 18.5. The van der Waals surface area contributed by atoms with E-state index in [2.05, 4.69) is 58.9 Å². The van der Waals surface area contributed by atoms with E-state index in [1.807, 2.05) is 0 Å². The summed E-state index contributed by atoms with van der Waals surface area (Å²) in [6, 6.07) is 0. The second kappa shape index (κ2) is 60.1. The topological polar surface area (TPSA) is 237 Å². The van der Waals surface area contributed by atoms with Crippen molar-refractivity contribution in [3.05, 3.63) is 24.3 Å². The molecule has 0 rings (SSSR count). The molecule has 0 aromatic heterocycles. The fourth-order valence-corrected chi connectivity index (χ4v) is 11.1. The van der Waals surface area contributed by atoms with E-state index in [4.69, 9.17) is 37.0 Å². The Kier molecular flexibility index (Phi) is 58.4. The molecule has 0 spiro atoms. The summed E-state index contributed by atoms with van der Waals surface area (Å²) in [7, 11) is -9.90. The number of ether oxygens (including phenoxy) is 4. The molecule has 3 unspecified atom stereocenters. The fourth-order valence-electron chi connectivity index (χ4n) is 9.54. The van der Waals surface area contributed by atoms with Gasteiger partial charge in [0.15, 0.2) is 12.2 Å². The van der Waals surface area contributed by atoms with Gasteiger partial charge in [0.05, 0.1) is 26.4 Å². The number of carbonyl (C=O) groups excluding carboxylic acids is 4. The molecule has 0 aliphatic heterocycles. The van der Waals surface area contributed by atoms with Crippen LogP contribution in [-0.2, 0) is 65.4 Å². The van der Waals surface area contributed by atoms with E-state index >= 15 is 0 Å². The van der Waals surface area contributed by atoms with E-state index in [-0.39, 0.29) is 25.7 Å². The number of esters is 4. The zero-order valence-corrected chi connectivity index (χ0v) is 56.7. The number of unbranched alkanes of at least 4 members (excludes halogenated alkanes) is 33. The van der Waals surface area contributed by atoms with E-state index in [9.17, 15) is 43.2 Å². The highest BCUT2D eigenvalue weighted by atomic mass is 31.2. The van der Waals surface area contributed by atoms with Crippen molar-refractivity contribution in [2.24, 2.45) is 5.92 Å². The second-order valence-electron chi connectivity index (χ2n) is 23.8. The Labute approximate surface area is 522 Å². The number of allylic oxidation sites excluding steroid dienone is 4. The summed E-state index contributed by atoms with van der Waals surface area (Å²) in [6.07, 6.45) is 47.9. The van der Waals surface area contributed by atoms with Crippen LogP contribution >= 0.6 is 15.6 Å². The van der Waals surface area contributed by atoms with Crippen molar-refractivity contribution in [2.45, 2.75) is 335 Å². The van der Waals surface area contributed by atoms with Crippen molar-refractivity contribution in [1.29, 1.82) is 0 Å². The van der Waals surface area contributed by atoms with Gasteiger partial charge in [-0.2, -0.15) is 0 Å². The molecule has 86 heavy (non-hydrogen) atoms. The van der Waals surface area contributed by atoms with Crippen molar-refractivity contribution < 1.29 is 80.2 Å². The lowest BCUT2D eigenvalue weighted by Crippen LogP contribution is -2.30. The largest absolute Gasteiger partial charge is 0.472 e. The predicted molar refractivity (Wildman–Crippen MR) is 344 cm³/mol. The molecule has 3 N–H and O–H groups in total. The zero-order valence-electron chi connectivity index (χ0n) is 54.9. The van der Waals surface area contributed by atoms with Gasteiger partial charge >= 0.3 is 39.5 Å². The lowest BCUT2D eigenvalue weighted by Gasteiger charge is -2.21. The van der Waals surface area contributed by atoms with Crippen LogP contribution in [0, 0.1) is 5.92 Å². The van der Waals surface area contributed by atoms with Crippen LogP contribution < -0.4 is 0 Å². The summed E-state index contributed by atoms with van der Waals surface area (Å²) < 4.78 is 68.0. The van der Waals surface area contributed by atoms with Gasteiger partial charge in [-0.3, -0.25) is 37.3 Å². The maximum absolute atomic E-state index is 13.0. The lowest BCUT2D eigenvalue weighted by atomic mass is 9.99. The van der Waals surface area contributed by atoms with Crippen LogP contribution in [0.4, 0.5) is 0 Å². The minimum Gasteiger partial charge on any atom is -0.462 e. The van der Waals surface area contributed by atoms with Crippen LogP contribution in [0.2, 0.25) is 0 Å². The van der Waals surface area contributed by atoms with Gasteiger partial charge in [-0.15, -0.1) is 0 Å². The zero-order chi connectivity index (χ0) is 63.5. The molecule has 0 aromatic carbocycles. The third-order valence-corrected chi connectivity index (χ3v) is 17.2. The molecule has 0 saturated heterocycles. The number of hydrogen-bond acceptors (Lipinski definition) is 15. The SMILES string of the molecule is CCCCCC/C=C\C=C/CCCCCCCC(=O)O[C@H](COC(=O)CCCCCCCCCCC(C)CC)COP(=O)(O)OC[C@@H](O)COP(=O)(O)OC[C@@H](COC(=O)CCCCCCCCCCC)OC(=O)CCCCCCCCCCCC. The first-order chi connectivity index (χ1) is 41.6. The smallest absolute Gasteiger partial charge is 0.462 e. The summed E-state index contributed by atoms with van der Waals surface area (Å²) in [4.78, 5) is 72.3. The molecule has 17 nitrogen and oxygen atoms in total. The van der Waals surface area contributed by atoms with Crippen LogP contribution in [0.25, 0.3) is 0 Å². The summed E-state index contributed by atoms with van der Waals surface area (Å²) in [5.41, 5.74) is 0. The van der Waals surface area contributed by atoms with Gasteiger partial charge in [0, 0.05) is 25.7 Å². The van der Waals surface area contributed by atoms with Gasteiger partial charge < -0.3 is 33.8 Å². The average Bonchev–Trinajstić information content (AvgIpc) is 3.52. The normalized spacial score (nSPS) is 14.7. The molecule has 0 fully saturated rings. The molecule has 0 aliphatic rings. The molecular formula is C67H126O17P2. The van der Waals surface area contributed by atoms with Crippen molar-refractivity contribution in [3.8, 4) is 0 Å². The van der Waals surface area contributed by atoms with Crippen LogP contribution in [0.15, 0.2) is 24.3 Å². The third kappa shape index (κ3) is 59.2. The Morgan fingerprint density at radius 1 is 0.372 bits per heavy atom. The standard InChI is InChI=1S/C67H126O17P2/c1-6-10-13-16-19-22-24-25-26-27-28-31-38-43-48-53-67(72)84-63(57-78-65(70)51-46-41-36-33-32-34-39-44-49-60(5)9-4)59-82-86(75,76)80-55-61(68)54-79-85(73,74)81-58-62(56-77-64(69)50-45-40-35-29-21-18-15-12-8-3)83-66(71)52-47-42-37-30-23-20-17-14-11-7-2/h22,24-26,60-63,68H,6-21,23,27-59H2,1-5H3,(H,73,74)(H,75,76)/b24-22-,26-25-/t60?,61-,62+,63+/m0/s1. The molecule has 0 heterocycles. The Morgan fingerprint density at radius 3 is 0.988 bits per heavy atom. The molecule has 0 saturated carbocycles. The first kappa shape index (κ1) is 83.5. The number of rotatable bonds is 65. The van der Waals surface area contributed by atoms with Gasteiger partial charge in [-0.1, -0.05) is 264 Å². The molecule has 19 heteroatoms. The van der Waals surface area contributed by atoms with Crippen molar-refractivity contribution >= 4 is 39.5 Å². The van der Waals surface area contributed by atoms with E-state index < -0.39 is 97.5 Å². The maximum Gasteiger partial charge on any atom is 0.472 e. The van der Waals surface area contributed by atoms with Crippen molar-refractivity contribution in [1.82, 2.24) is 0 Å². The number of aliphatic hydroxyl groups is 1. The van der Waals surface area contributed by atoms with Crippen molar-refractivity contribution in [2.75, 3.05) is 39.6 Å². The quantitative estimate of drug-likeness (QED) is 0.0169. The summed E-state index contributed by atoms with van der Waals surface area (Å²) >= 11 is 0. The summed E-state index contributed by atoms with van der Waals surface area (Å²) in [6.45, 7) is 7.13. The molecule has 0 amide bonds. The minimum atomic E-state index is -4.96. The number of hydrogen-bond donors (Lipinski definition) is 3. The first-order valence-electron chi connectivity index (χ1n) is 34.5. The van der Waals surface area contributed by atoms with E-state index in [0.29, 0.717) is 25.7 Å². The molecule has 506 valence electrons. The van der Waals surface area contributed by atoms with Crippen LogP contribution in [0.5, 0.6) is 0 Å². The first-order valence-corrected chi connectivity index (χ1v) is 37.5. The Bertz CT molecular complexity index is 1760. The van der Waals surface area contributed by atoms with E-state index in [0.717, 1.165) is 109 Å². The Hall–Kier alpha value is -2.46. The molecule has 0 aromatic rings. The molecule has 0 bridgehead atoms. The summed E-state index contributed by atoms with van der Waals surface area (Å²) in [5, 5.41) is 10.5. The molecule has 0 aliphatic carbocycles. The van der Waals surface area contributed by atoms with Gasteiger partial charge in [0.2, 0.25) is 0 Å². The second-order valence-corrected chi connectivity index (χ2v) is 26.7. The van der Waals surface area contributed by atoms with Gasteiger partial charge in [-0.05, 0) is 57.3 Å². The van der Waals surface area contributed by atoms with Crippen LogP contribution in [0.1, 0.15) is 317 Å².